The van der Waals surface area contributed by atoms with Gasteiger partial charge >= 0.3 is 0 Å². The second-order valence-corrected chi connectivity index (χ2v) is 5.54. The van der Waals surface area contributed by atoms with Gasteiger partial charge in [0.25, 0.3) is 0 Å². The van der Waals surface area contributed by atoms with Crippen LogP contribution in [-0.2, 0) is 27.9 Å². The summed E-state index contributed by atoms with van der Waals surface area (Å²) in [5, 5.41) is 8.91. The van der Waals surface area contributed by atoms with Crippen LogP contribution in [-0.4, -0.2) is 28.8 Å². The molecule has 0 aromatic heterocycles. The predicted octanol–water partition coefficient (Wildman–Crippen LogP) is 1.85. The number of hydrogen-bond donors (Lipinski definition) is 1. The largest absolute Gasteiger partial charge is 0.392 e. The lowest BCUT2D eigenvalue weighted by atomic mass is 10.2. The number of methoxy groups -OCH3 is 1. The Labute approximate surface area is 105 Å². The quantitative estimate of drug-likeness (QED) is 0.722. The van der Waals surface area contributed by atoms with Gasteiger partial charge in [0, 0.05) is 36.0 Å². The van der Waals surface area contributed by atoms with Gasteiger partial charge < -0.3 is 9.84 Å². The van der Waals surface area contributed by atoms with Gasteiger partial charge in [0.2, 0.25) is 0 Å². The highest BCUT2D eigenvalue weighted by atomic mass is 32.2. The first-order chi connectivity index (χ1) is 8.26. The van der Waals surface area contributed by atoms with E-state index >= 15 is 0 Å². The fourth-order valence-corrected chi connectivity index (χ4v) is 2.74. The van der Waals surface area contributed by atoms with Gasteiger partial charge in [0.1, 0.15) is 0 Å². The van der Waals surface area contributed by atoms with Crippen molar-refractivity contribution >= 4 is 10.8 Å². The van der Waals surface area contributed by atoms with E-state index in [1.54, 1.807) is 7.11 Å². The average Bonchev–Trinajstić information content (AvgIpc) is 2.36. The number of aliphatic hydroxyl groups is 1. The van der Waals surface area contributed by atoms with Gasteiger partial charge in [0.15, 0.2) is 0 Å². The fraction of sp³-hybridized carbons (Fsp3) is 0.538. The molecule has 1 atom stereocenters. The van der Waals surface area contributed by atoms with Crippen LogP contribution in [0.4, 0.5) is 0 Å². The van der Waals surface area contributed by atoms with Crippen LogP contribution in [0, 0.1) is 0 Å². The minimum absolute atomic E-state index is 0.0559. The van der Waals surface area contributed by atoms with Crippen molar-refractivity contribution in [2.24, 2.45) is 0 Å². The Morgan fingerprint density at radius 3 is 2.41 bits per heavy atom. The lowest BCUT2D eigenvalue weighted by molar-refractivity contribution is 0.194. The van der Waals surface area contributed by atoms with Crippen LogP contribution < -0.4 is 0 Å². The van der Waals surface area contributed by atoms with Crippen molar-refractivity contribution in [1.82, 2.24) is 0 Å². The first-order valence-electron chi connectivity index (χ1n) is 5.79. The van der Waals surface area contributed by atoms with Crippen molar-refractivity contribution < 1.29 is 14.1 Å². The summed E-state index contributed by atoms with van der Waals surface area (Å²) in [6, 6.07) is 7.60. The van der Waals surface area contributed by atoms with Crippen LogP contribution in [0.15, 0.2) is 24.3 Å². The molecule has 1 aromatic carbocycles. The Bertz CT molecular complexity index is 335. The van der Waals surface area contributed by atoms with E-state index in [-0.39, 0.29) is 6.61 Å². The molecule has 0 bridgehead atoms. The molecule has 0 saturated carbocycles. The van der Waals surface area contributed by atoms with E-state index in [1.165, 1.54) is 0 Å². The average molecular weight is 256 g/mol. The topological polar surface area (TPSA) is 46.5 Å². The molecule has 0 heterocycles. The monoisotopic (exact) mass is 256 g/mol. The summed E-state index contributed by atoms with van der Waals surface area (Å²) < 4.78 is 16.7. The highest BCUT2D eigenvalue weighted by Gasteiger charge is 2.02. The van der Waals surface area contributed by atoms with Crippen LogP contribution in [0.25, 0.3) is 0 Å². The number of hydrogen-bond acceptors (Lipinski definition) is 3. The zero-order chi connectivity index (χ0) is 12.5. The number of ether oxygens (including phenoxy) is 1. The Hall–Kier alpha value is -0.710. The lowest BCUT2D eigenvalue weighted by Crippen LogP contribution is -2.02. The Kier molecular flexibility index (Phi) is 7.08. The molecule has 1 unspecified atom stereocenters. The van der Waals surface area contributed by atoms with E-state index < -0.39 is 10.8 Å². The van der Waals surface area contributed by atoms with E-state index in [0.29, 0.717) is 5.75 Å². The van der Waals surface area contributed by atoms with Crippen molar-refractivity contribution in [2.45, 2.75) is 25.2 Å². The molecule has 0 fully saturated rings. The van der Waals surface area contributed by atoms with Crippen LogP contribution in [0.3, 0.4) is 0 Å². The van der Waals surface area contributed by atoms with Crippen molar-refractivity contribution in [2.75, 3.05) is 19.5 Å². The van der Waals surface area contributed by atoms with Crippen molar-refractivity contribution in [3.05, 3.63) is 35.4 Å². The van der Waals surface area contributed by atoms with Crippen molar-refractivity contribution in [1.29, 1.82) is 0 Å². The number of unbranched alkanes of at least 4 members (excludes halogenated alkanes) is 1. The molecule has 1 rings (SSSR count). The number of rotatable bonds is 8. The summed E-state index contributed by atoms with van der Waals surface area (Å²) in [6.45, 7) is 0.794. The van der Waals surface area contributed by atoms with E-state index in [1.807, 2.05) is 24.3 Å². The molecule has 0 spiro atoms. The van der Waals surface area contributed by atoms with Crippen LogP contribution in [0.1, 0.15) is 24.0 Å². The van der Waals surface area contributed by atoms with Gasteiger partial charge in [0.05, 0.1) is 6.61 Å². The van der Waals surface area contributed by atoms with E-state index in [9.17, 15) is 4.21 Å². The second kappa shape index (κ2) is 8.39. The van der Waals surface area contributed by atoms with Crippen molar-refractivity contribution in [3.63, 3.8) is 0 Å². The molecule has 0 aliphatic heterocycles. The molecule has 3 nitrogen and oxygen atoms in total. The summed E-state index contributed by atoms with van der Waals surface area (Å²) in [5.74, 6) is 1.32. The van der Waals surface area contributed by atoms with Crippen LogP contribution >= 0.6 is 0 Å². The Balaban J connectivity index is 2.29. The molecule has 96 valence electrons. The second-order valence-electron chi connectivity index (χ2n) is 3.96. The molecule has 0 aliphatic carbocycles. The van der Waals surface area contributed by atoms with Gasteiger partial charge in [-0.05, 0) is 24.0 Å². The number of aliphatic hydroxyl groups excluding tert-OH is 1. The van der Waals surface area contributed by atoms with Gasteiger partial charge in [-0.15, -0.1) is 0 Å². The molecule has 1 N–H and O–H groups in total. The number of benzene rings is 1. The third-order valence-electron chi connectivity index (χ3n) is 2.50. The molecular formula is C13H20O3S. The molecule has 17 heavy (non-hydrogen) atoms. The highest BCUT2D eigenvalue weighted by Crippen LogP contribution is 2.08. The maximum Gasteiger partial charge on any atom is 0.0681 e. The van der Waals surface area contributed by atoms with Gasteiger partial charge in [-0.25, -0.2) is 0 Å². The van der Waals surface area contributed by atoms with E-state index in [2.05, 4.69) is 0 Å². The van der Waals surface area contributed by atoms with Gasteiger partial charge in [-0.2, -0.15) is 0 Å². The third kappa shape index (κ3) is 5.96. The zero-order valence-corrected chi connectivity index (χ0v) is 11.0. The predicted molar refractivity (Wildman–Crippen MR) is 70.2 cm³/mol. The Morgan fingerprint density at radius 2 is 1.82 bits per heavy atom. The summed E-state index contributed by atoms with van der Waals surface area (Å²) in [4.78, 5) is 0. The SMILES string of the molecule is COCCCCS(=O)Cc1ccc(CO)cc1. The standard InChI is InChI=1S/C13H20O3S/c1-16-8-2-3-9-17(15)11-13-6-4-12(10-14)5-7-13/h4-7,14H,2-3,8-11H2,1H3. The smallest absolute Gasteiger partial charge is 0.0681 e. The molecule has 4 heteroatoms. The maximum absolute atomic E-state index is 11.8. The van der Waals surface area contributed by atoms with Crippen molar-refractivity contribution in [3.8, 4) is 0 Å². The fourth-order valence-electron chi connectivity index (χ4n) is 1.51. The Morgan fingerprint density at radius 1 is 1.18 bits per heavy atom. The highest BCUT2D eigenvalue weighted by molar-refractivity contribution is 7.84. The summed E-state index contributed by atoms with van der Waals surface area (Å²) in [5.41, 5.74) is 1.95. The summed E-state index contributed by atoms with van der Waals surface area (Å²) in [6.07, 6.45) is 1.90. The summed E-state index contributed by atoms with van der Waals surface area (Å²) >= 11 is 0. The lowest BCUT2D eigenvalue weighted by Gasteiger charge is -2.03. The van der Waals surface area contributed by atoms with Gasteiger partial charge in [-0.3, -0.25) is 4.21 Å². The van der Waals surface area contributed by atoms with Crippen LogP contribution in [0.5, 0.6) is 0 Å². The molecule has 0 aliphatic rings. The van der Waals surface area contributed by atoms with Crippen LogP contribution in [0.2, 0.25) is 0 Å². The molecular weight excluding hydrogens is 236 g/mol. The van der Waals surface area contributed by atoms with E-state index in [0.717, 1.165) is 36.3 Å². The first-order valence-corrected chi connectivity index (χ1v) is 7.27. The maximum atomic E-state index is 11.8. The third-order valence-corrected chi connectivity index (χ3v) is 3.90. The molecule has 0 radical (unpaired) electrons. The molecule has 0 amide bonds. The zero-order valence-electron chi connectivity index (χ0n) is 10.2. The van der Waals surface area contributed by atoms with E-state index in [4.69, 9.17) is 9.84 Å². The minimum Gasteiger partial charge on any atom is -0.392 e. The minimum atomic E-state index is -0.801. The first kappa shape index (κ1) is 14.4. The molecule has 1 aromatic rings. The normalized spacial score (nSPS) is 12.6. The molecule has 0 saturated heterocycles. The van der Waals surface area contributed by atoms with Gasteiger partial charge in [-0.1, -0.05) is 24.3 Å². The summed E-state index contributed by atoms with van der Waals surface area (Å²) in [7, 11) is 0.879.